The zero-order valence-corrected chi connectivity index (χ0v) is 12.7. The van der Waals surface area contributed by atoms with Gasteiger partial charge < -0.3 is 9.47 Å². The number of carbonyl (C=O) groups is 2. The van der Waals surface area contributed by atoms with E-state index in [1.807, 2.05) is 0 Å². The predicted molar refractivity (Wildman–Crippen MR) is 72.6 cm³/mol. The summed E-state index contributed by atoms with van der Waals surface area (Å²) < 4.78 is 84.2. The van der Waals surface area contributed by atoms with Crippen molar-refractivity contribution in [2.24, 2.45) is 5.92 Å². The lowest BCUT2D eigenvalue weighted by Gasteiger charge is -2.37. The van der Waals surface area contributed by atoms with Crippen LogP contribution < -0.4 is 0 Å². The van der Waals surface area contributed by atoms with Gasteiger partial charge in [0.05, 0.1) is 5.92 Å². The molecular weight excluding hydrogens is 370 g/mol. The van der Waals surface area contributed by atoms with Crippen molar-refractivity contribution >= 4 is 11.9 Å². The Morgan fingerprint density at radius 2 is 1.35 bits per heavy atom. The van der Waals surface area contributed by atoms with Crippen LogP contribution in [0.2, 0.25) is 0 Å². The molecule has 0 saturated carbocycles. The molecule has 0 spiro atoms. The van der Waals surface area contributed by atoms with Crippen molar-refractivity contribution in [3.05, 3.63) is 47.5 Å². The molecule has 0 aromatic heterocycles. The third kappa shape index (κ3) is 3.15. The molecule has 0 unspecified atom stereocenters. The summed E-state index contributed by atoms with van der Waals surface area (Å²) in [5, 5.41) is 0. The fourth-order valence-electron chi connectivity index (χ4n) is 3.21. The first-order chi connectivity index (χ1) is 12.0. The lowest BCUT2D eigenvalue weighted by atomic mass is 9.77. The summed E-state index contributed by atoms with van der Waals surface area (Å²) in [6.45, 7) is 0. The van der Waals surface area contributed by atoms with Crippen LogP contribution in [0.4, 0.5) is 26.3 Å². The Balaban J connectivity index is 1.96. The highest BCUT2D eigenvalue weighted by Crippen LogP contribution is 2.50. The highest BCUT2D eigenvalue weighted by Gasteiger charge is 2.53. The molecular formula is C16H10F6O4. The standard InChI is InChI=1S/C16H10F6O4/c17-15(18,19)13(23)25-11-8-4-2-1-3-7(8)9-5-6-10(11)12(9)26-14(24)16(20,21)22/h1-6,9-12H/t9-,10+,11-,12+/m0/s1. The summed E-state index contributed by atoms with van der Waals surface area (Å²) in [6, 6.07) is 5.90. The average molecular weight is 380 g/mol. The van der Waals surface area contributed by atoms with E-state index in [9.17, 15) is 35.9 Å². The Morgan fingerprint density at radius 1 is 0.808 bits per heavy atom. The van der Waals surface area contributed by atoms with Crippen molar-refractivity contribution in [1.29, 1.82) is 0 Å². The molecule has 0 amide bonds. The van der Waals surface area contributed by atoms with Crippen LogP contribution in [0.25, 0.3) is 0 Å². The quantitative estimate of drug-likeness (QED) is 0.447. The van der Waals surface area contributed by atoms with Crippen LogP contribution >= 0.6 is 0 Å². The van der Waals surface area contributed by atoms with Crippen molar-refractivity contribution in [3.8, 4) is 0 Å². The first kappa shape index (κ1) is 18.3. The van der Waals surface area contributed by atoms with Crippen molar-refractivity contribution in [2.45, 2.75) is 30.5 Å². The zero-order chi connectivity index (χ0) is 19.3. The minimum absolute atomic E-state index is 0.226. The van der Waals surface area contributed by atoms with Crippen LogP contribution in [0.5, 0.6) is 0 Å². The van der Waals surface area contributed by atoms with E-state index in [1.165, 1.54) is 36.4 Å². The van der Waals surface area contributed by atoms with Crippen molar-refractivity contribution in [1.82, 2.24) is 0 Å². The molecule has 2 bridgehead atoms. The van der Waals surface area contributed by atoms with Crippen LogP contribution in [-0.2, 0) is 19.1 Å². The molecule has 0 saturated heterocycles. The number of alkyl halides is 6. The molecule has 3 rings (SSSR count). The third-order valence-electron chi connectivity index (χ3n) is 4.23. The van der Waals surface area contributed by atoms with Gasteiger partial charge in [0, 0.05) is 5.92 Å². The molecule has 1 aromatic rings. The molecule has 1 aromatic carbocycles. The SMILES string of the molecule is O=C(O[C@H]1[C@@H]2C=C[C@H]1c1ccccc1[C@@H]2OC(=O)C(F)(F)F)C(F)(F)F. The van der Waals surface area contributed by atoms with Gasteiger partial charge in [-0.1, -0.05) is 36.4 Å². The normalized spacial score (nSPS) is 27.0. The Hall–Kier alpha value is -2.52. The second-order valence-electron chi connectivity index (χ2n) is 5.81. The van der Waals surface area contributed by atoms with E-state index in [0.29, 0.717) is 5.56 Å². The first-order valence-electron chi connectivity index (χ1n) is 7.33. The topological polar surface area (TPSA) is 52.6 Å². The van der Waals surface area contributed by atoms with Crippen LogP contribution in [0.1, 0.15) is 23.1 Å². The second kappa shape index (κ2) is 6.03. The van der Waals surface area contributed by atoms with Gasteiger partial charge in [0.15, 0.2) is 0 Å². The molecule has 0 radical (unpaired) electrons. The molecule has 26 heavy (non-hydrogen) atoms. The molecule has 4 nitrogen and oxygen atoms in total. The van der Waals surface area contributed by atoms with Gasteiger partial charge in [-0.15, -0.1) is 0 Å². The molecule has 0 aliphatic heterocycles. The van der Waals surface area contributed by atoms with E-state index >= 15 is 0 Å². The van der Waals surface area contributed by atoms with Crippen LogP contribution in [0.3, 0.4) is 0 Å². The molecule has 10 heteroatoms. The van der Waals surface area contributed by atoms with Gasteiger partial charge in [-0.2, -0.15) is 26.3 Å². The Labute approximate surface area is 142 Å². The number of carbonyl (C=O) groups excluding carboxylic acids is 2. The van der Waals surface area contributed by atoms with E-state index < -0.39 is 48.3 Å². The molecule has 2 aliphatic carbocycles. The van der Waals surface area contributed by atoms with E-state index in [1.54, 1.807) is 0 Å². The fourth-order valence-corrected chi connectivity index (χ4v) is 3.21. The molecule has 0 fully saturated rings. The number of ether oxygens (including phenoxy) is 2. The van der Waals surface area contributed by atoms with Gasteiger partial charge in [-0.05, 0) is 11.1 Å². The fraction of sp³-hybridized carbons (Fsp3) is 0.375. The van der Waals surface area contributed by atoms with E-state index in [0.717, 1.165) is 0 Å². The Kier molecular flexibility index (Phi) is 4.24. The number of hydrogen-bond acceptors (Lipinski definition) is 4. The Morgan fingerprint density at radius 3 is 1.92 bits per heavy atom. The van der Waals surface area contributed by atoms with Gasteiger partial charge in [0.1, 0.15) is 12.2 Å². The largest absolute Gasteiger partial charge is 0.490 e. The highest BCUT2D eigenvalue weighted by molar-refractivity contribution is 5.77. The van der Waals surface area contributed by atoms with E-state index in [2.05, 4.69) is 9.47 Å². The minimum atomic E-state index is -5.27. The number of fused-ring (bicyclic) bond motifs is 4. The molecule has 0 N–H and O–H groups in total. The second-order valence-corrected chi connectivity index (χ2v) is 5.81. The third-order valence-corrected chi connectivity index (χ3v) is 4.23. The van der Waals surface area contributed by atoms with Crippen molar-refractivity contribution < 1.29 is 45.4 Å². The van der Waals surface area contributed by atoms with Crippen molar-refractivity contribution in [2.75, 3.05) is 0 Å². The summed E-state index contributed by atoms with van der Waals surface area (Å²) in [5.41, 5.74) is 0.557. The van der Waals surface area contributed by atoms with Gasteiger partial charge >= 0.3 is 24.3 Å². The van der Waals surface area contributed by atoms with Crippen molar-refractivity contribution in [3.63, 3.8) is 0 Å². The average Bonchev–Trinajstić information content (AvgIpc) is 2.86. The van der Waals surface area contributed by atoms with Crippen LogP contribution in [-0.4, -0.2) is 30.4 Å². The Bertz CT molecular complexity index is 767. The zero-order valence-electron chi connectivity index (χ0n) is 12.7. The van der Waals surface area contributed by atoms with Gasteiger partial charge in [-0.25, -0.2) is 9.59 Å². The lowest BCUT2D eigenvalue weighted by molar-refractivity contribution is -0.216. The molecule has 2 aliphatic rings. The maximum Gasteiger partial charge on any atom is 0.490 e. The molecule has 4 atom stereocenters. The molecule has 0 heterocycles. The number of halogens is 6. The summed E-state index contributed by atoms with van der Waals surface area (Å²) in [6.07, 6.45) is -10.8. The predicted octanol–water partition coefficient (Wildman–Crippen LogP) is 3.59. The lowest BCUT2D eigenvalue weighted by Crippen LogP contribution is -2.41. The van der Waals surface area contributed by atoms with E-state index in [4.69, 9.17) is 0 Å². The van der Waals surface area contributed by atoms with Gasteiger partial charge in [0.25, 0.3) is 0 Å². The molecule has 140 valence electrons. The van der Waals surface area contributed by atoms with Gasteiger partial charge in [-0.3, -0.25) is 0 Å². The maximum absolute atomic E-state index is 12.6. The monoisotopic (exact) mass is 380 g/mol. The summed E-state index contributed by atoms with van der Waals surface area (Å²) in [5.74, 6) is -6.87. The number of rotatable bonds is 2. The summed E-state index contributed by atoms with van der Waals surface area (Å²) >= 11 is 0. The summed E-state index contributed by atoms with van der Waals surface area (Å²) in [4.78, 5) is 22.4. The van der Waals surface area contributed by atoms with Crippen LogP contribution in [0.15, 0.2) is 36.4 Å². The summed E-state index contributed by atoms with van der Waals surface area (Å²) in [7, 11) is 0. The maximum atomic E-state index is 12.6. The highest BCUT2D eigenvalue weighted by atomic mass is 19.4. The smallest absolute Gasteiger partial charge is 0.454 e. The number of esters is 2. The van der Waals surface area contributed by atoms with Crippen LogP contribution in [0, 0.1) is 5.92 Å². The van der Waals surface area contributed by atoms with Gasteiger partial charge in [0.2, 0.25) is 0 Å². The minimum Gasteiger partial charge on any atom is -0.454 e. The first-order valence-corrected chi connectivity index (χ1v) is 7.33. The van der Waals surface area contributed by atoms with E-state index in [-0.39, 0.29) is 5.56 Å². The number of benzene rings is 1. The number of hydrogen-bond donors (Lipinski definition) is 0.